The maximum absolute atomic E-state index is 3.01. The minimum atomic E-state index is -1.45. The largest absolute Gasteiger partial charge is 0.309 e. The maximum atomic E-state index is 3.01. The summed E-state index contributed by atoms with van der Waals surface area (Å²) in [6.45, 7) is 32.3. The Labute approximate surface area is 564 Å². The first-order valence-electron chi connectivity index (χ1n) is 34.9. The molecule has 506 valence electrons. The van der Waals surface area contributed by atoms with Gasteiger partial charge < -0.3 is 29.4 Å². The van der Waals surface area contributed by atoms with Crippen LogP contribution < -0.4 is 0 Å². The third-order valence-corrected chi connectivity index (χ3v) is 60.4. The van der Waals surface area contributed by atoms with Crippen molar-refractivity contribution in [2.75, 3.05) is 193 Å². The summed E-state index contributed by atoms with van der Waals surface area (Å²) in [5.41, 5.74) is 0. The van der Waals surface area contributed by atoms with Crippen molar-refractivity contribution in [3.05, 3.63) is 0 Å². The molecule has 0 radical (unpaired) electrons. The molecule has 84 heavy (non-hydrogen) atoms. The lowest BCUT2D eigenvalue weighted by Crippen LogP contribution is -2.38. The highest BCUT2D eigenvalue weighted by Crippen LogP contribution is 2.39. The van der Waals surface area contributed by atoms with Crippen molar-refractivity contribution in [2.24, 2.45) is 0 Å². The van der Waals surface area contributed by atoms with E-state index < -0.39 is 57.2 Å². The van der Waals surface area contributed by atoms with Gasteiger partial charge in [0.05, 0.1) is 40.4 Å². The normalized spacial score (nSPS) is 15.0. The van der Waals surface area contributed by atoms with Gasteiger partial charge in [-0.25, -0.2) is 0 Å². The zero-order chi connectivity index (χ0) is 63.4. The van der Waals surface area contributed by atoms with E-state index in [0.29, 0.717) is 0 Å². The second-order valence-electron chi connectivity index (χ2n) is 30.8. The summed E-state index contributed by atoms with van der Waals surface area (Å²) >= 11 is 13.6. The number of rotatable bonds is 62. The Morgan fingerprint density at radius 1 is 0.238 bits per heavy atom. The van der Waals surface area contributed by atoms with Crippen LogP contribution in [0.1, 0.15) is 52.9 Å². The highest BCUT2D eigenvalue weighted by Gasteiger charge is 2.36. The van der Waals surface area contributed by atoms with Crippen LogP contribution >= 0.6 is 70.6 Å². The van der Waals surface area contributed by atoms with Crippen LogP contribution in [-0.2, 0) is 0 Å². The van der Waals surface area contributed by atoms with Crippen LogP contribution in [0.3, 0.4) is 0 Å². The predicted molar refractivity (Wildman–Crippen MR) is 433 cm³/mol. The molecule has 3 unspecified atom stereocenters. The fraction of sp³-hybridized carbons (Fsp3) is 1.00. The van der Waals surface area contributed by atoms with Gasteiger partial charge in [0.15, 0.2) is 0 Å². The molecule has 0 bridgehead atoms. The fourth-order valence-corrected chi connectivity index (χ4v) is 60.8. The van der Waals surface area contributed by atoms with Crippen molar-refractivity contribution in [3.8, 4) is 0 Å². The average molecular weight is 1410 g/mol. The zero-order valence-corrected chi connectivity index (χ0v) is 72.9. The van der Waals surface area contributed by atoms with Crippen molar-refractivity contribution in [2.45, 2.75) is 219 Å². The van der Waals surface area contributed by atoms with E-state index in [1.807, 2.05) is 0 Å². The molecule has 0 heterocycles. The summed E-state index contributed by atoms with van der Waals surface area (Å²) < 4.78 is 0. The van der Waals surface area contributed by atoms with Gasteiger partial charge in [0, 0.05) is 90.7 Å². The summed E-state index contributed by atoms with van der Waals surface area (Å²) in [7, 11) is 18.3. The second kappa shape index (κ2) is 51.7. The molecular formula is C65H152N6S6Si7. The molecule has 0 aliphatic rings. The molecule has 0 saturated heterocycles. The van der Waals surface area contributed by atoms with Crippen LogP contribution in [0.4, 0.5) is 0 Å². The Morgan fingerprint density at radius 3 is 0.726 bits per heavy atom. The van der Waals surface area contributed by atoms with E-state index >= 15 is 0 Å². The SMILES string of the molecule is CCC[Si](C)(CCC)CC[SiH](CCC[Si](C)(CC)CC[Si](C)(CCSCCN(C)C)CCSCCN(C)C)CCC[Si](C)(CCC[Si](C)(CCSCCN(C)C)CCSCCN(C)C)CC[Si](C)(CCSCCN(C)C)CCSCCN(C)C. The predicted octanol–water partition coefficient (Wildman–Crippen LogP) is 18.5. The topological polar surface area (TPSA) is 19.4 Å². The Kier molecular flexibility index (Phi) is 53.8. The van der Waals surface area contributed by atoms with Gasteiger partial charge in [0.2, 0.25) is 0 Å². The van der Waals surface area contributed by atoms with Crippen LogP contribution in [0.5, 0.6) is 0 Å². The summed E-state index contributed by atoms with van der Waals surface area (Å²) in [5.74, 6) is 16.2. The molecule has 19 heteroatoms. The molecule has 0 amide bonds. The summed E-state index contributed by atoms with van der Waals surface area (Å²) in [4.78, 5) is 14.3. The molecule has 0 spiro atoms. The van der Waals surface area contributed by atoms with Crippen molar-refractivity contribution >= 4 is 128 Å². The zero-order valence-electron chi connectivity index (χ0n) is 60.8. The van der Waals surface area contributed by atoms with E-state index in [2.05, 4.69) is 245 Å². The number of nitrogens with zero attached hydrogens (tertiary/aromatic N) is 6. The molecule has 3 atom stereocenters. The highest BCUT2D eigenvalue weighted by atomic mass is 32.2. The van der Waals surface area contributed by atoms with Crippen molar-refractivity contribution in [3.63, 3.8) is 0 Å². The van der Waals surface area contributed by atoms with E-state index in [1.165, 1.54) is 127 Å². The van der Waals surface area contributed by atoms with Crippen LogP contribution in [-0.4, -0.2) is 280 Å². The van der Waals surface area contributed by atoms with Gasteiger partial charge in [-0.1, -0.05) is 183 Å². The smallest absolute Gasteiger partial charge is 0.0520 e. The monoisotopic (exact) mass is 1400 g/mol. The number of hydrogen-bond donors (Lipinski definition) is 0. The van der Waals surface area contributed by atoms with Gasteiger partial charge in [0.1, 0.15) is 0 Å². The summed E-state index contributed by atoms with van der Waals surface area (Å²) in [5, 5.41) is 0. The number of hydrogen-bond acceptors (Lipinski definition) is 12. The number of thioether (sulfide) groups is 6. The standard InChI is InChI=1S/C65H152N6S6Si7/c1-22-49-80(17,50-23-2)61-48-78(46-25-51-79(16,24-3)62-63-83(20,57-42-74-36-30-68(8)9)58-43-75-37-31-69(10)11)47-26-52-81(18,64-65-84(21,59-44-76-38-32-70(12)13)60-45-77-39-33-71(14)15)53-27-54-82(19,55-40-72-34-28-66(4)5)56-41-73-35-29-67(6)7/h78H,22-65H2,1-21H3. The molecule has 6 nitrogen and oxygen atoms in total. The fourth-order valence-electron chi connectivity index (χ4n) is 12.3. The quantitative estimate of drug-likeness (QED) is 0.0427. The Hall–Kier alpha value is 3.38. The van der Waals surface area contributed by atoms with Gasteiger partial charge in [0.25, 0.3) is 0 Å². The highest BCUT2D eigenvalue weighted by molar-refractivity contribution is 8.00. The van der Waals surface area contributed by atoms with E-state index in [0.717, 1.165) is 0 Å². The molecule has 0 fully saturated rings. The molecule has 0 N–H and O–H groups in total. The minimum Gasteiger partial charge on any atom is -0.309 e. The van der Waals surface area contributed by atoms with Crippen molar-refractivity contribution in [1.82, 2.24) is 29.4 Å². The van der Waals surface area contributed by atoms with Crippen LogP contribution in [0.2, 0.25) is 166 Å². The first-order chi connectivity index (χ1) is 39.6. The Balaban J connectivity index is 6.81. The second-order valence-corrected chi connectivity index (χ2v) is 72.5. The molecule has 0 aliphatic carbocycles. The lowest BCUT2D eigenvalue weighted by Gasteiger charge is -2.36. The van der Waals surface area contributed by atoms with E-state index in [4.69, 9.17) is 0 Å². The molecule has 0 aromatic carbocycles. The van der Waals surface area contributed by atoms with Crippen LogP contribution in [0, 0.1) is 0 Å². The molecular weight excluding hydrogens is 1250 g/mol. The third kappa shape index (κ3) is 49.9. The van der Waals surface area contributed by atoms with E-state index in [1.54, 1.807) is 140 Å². The molecule has 0 saturated carbocycles. The first-order valence-corrected chi connectivity index (χ1v) is 63.0. The van der Waals surface area contributed by atoms with Crippen molar-refractivity contribution in [1.29, 1.82) is 0 Å². The molecule has 0 aliphatic heterocycles. The minimum absolute atomic E-state index is 0.839. The van der Waals surface area contributed by atoms with Gasteiger partial charge >= 0.3 is 0 Å². The molecule has 0 rings (SSSR count). The molecule has 0 aromatic heterocycles. The summed E-state index contributed by atoms with van der Waals surface area (Å²) in [6.07, 6.45) is 7.59. The Bertz CT molecular complexity index is 1460. The lowest BCUT2D eigenvalue weighted by atomic mass is 10.5. The van der Waals surface area contributed by atoms with E-state index in [-0.39, 0.29) is 0 Å². The lowest BCUT2D eigenvalue weighted by molar-refractivity contribution is 0.437. The van der Waals surface area contributed by atoms with Crippen LogP contribution in [0.15, 0.2) is 0 Å². The van der Waals surface area contributed by atoms with E-state index in [9.17, 15) is 0 Å². The average Bonchev–Trinajstić information content (AvgIpc) is 3.48. The van der Waals surface area contributed by atoms with Gasteiger partial charge in [-0.05, 0) is 155 Å². The van der Waals surface area contributed by atoms with Crippen molar-refractivity contribution < 1.29 is 0 Å². The summed E-state index contributed by atoms with van der Waals surface area (Å²) in [6, 6.07) is 33.7. The van der Waals surface area contributed by atoms with Gasteiger partial charge in [-0.3, -0.25) is 0 Å². The van der Waals surface area contributed by atoms with Crippen LogP contribution in [0.25, 0.3) is 0 Å². The maximum Gasteiger partial charge on any atom is 0.0520 e. The third-order valence-electron chi connectivity index (χ3n) is 19.9. The first kappa shape index (κ1) is 87.4. The van der Waals surface area contributed by atoms with Gasteiger partial charge in [-0.2, -0.15) is 70.6 Å². The van der Waals surface area contributed by atoms with Gasteiger partial charge in [-0.15, -0.1) is 0 Å². The molecule has 0 aromatic rings. The Morgan fingerprint density at radius 2 is 0.464 bits per heavy atom.